The number of nitrogens with zero attached hydrogens (tertiary/aromatic N) is 1. The number of hydrogen-bond donors (Lipinski definition) is 0. The van der Waals surface area contributed by atoms with Crippen LogP contribution in [-0.4, -0.2) is 17.4 Å². The van der Waals surface area contributed by atoms with Crippen molar-refractivity contribution in [3.8, 4) is 0 Å². The minimum Gasteiger partial charge on any atom is -0.346 e. The van der Waals surface area contributed by atoms with Gasteiger partial charge in [-0.3, -0.25) is 9.69 Å². The van der Waals surface area contributed by atoms with Crippen LogP contribution in [0.1, 0.15) is 36.8 Å². The average molecular weight is 283 g/mol. The number of carbonyl (C=O) groups excluding carboxylic acids is 1. The summed E-state index contributed by atoms with van der Waals surface area (Å²) in [4.78, 5) is 14.7. The van der Waals surface area contributed by atoms with Crippen LogP contribution in [0.25, 0.3) is 0 Å². The molecule has 1 aromatic carbocycles. The first-order valence-corrected chi connectivity index (χ1v) is 7.94. The van der Waals surface area contributed by atoms with Gasteiger partial charge in [0.1, 0.15) is 0 Å². The van der Waals surface area contributed by atoms with E-state index in [0.29, 0.717) is 6.61 Å². The van der Waals surface area contributed by atoms with Gasteiger partial charge in [0.25, 0.3) is 0 Å². The van der Waals surface area contributed by atoms with Crippen molar-refractivity contribution < 1.29 is 9.53 Å². The Balaban J connectivity index is 1.87. The number of ether oxygens (including phenoxy) is 1. The fourth-order valence-electron chi connectivity index (χ4n) is 4.33. The summed E-state index contributed by atoms with van der Waals surface area (Å²) >= 11 is 0. The van der Waals surface area contributed by atoms with Gasteiger partial charge in [-0.15, -0.1) is 0 Å². The van der Waals surface area contributed by atoms with Gasteiger partial charge in [0.2, 0.25) is 5.91 Å². The number of benzene rings is 1. The molecule has 2 aliphatic heterocycles. The molecule has 1 aliphatic carbocycles. The molecule has 4 rings (SSSR count). The Morgan fingerprint density at radius 1 is 1.19 bits per heavy atom. The van der Waals surface area contributed by atoms with Crippen LogP contribution in [-0.2, 0) is 15.3 Å². The van der Waals surface area contributed by atoms with Crippen LogP contribution in [0.2, 0.25) is 0 Å². The van der Waals surface area contributed by atoms with Crippen molar-refractivity contribution in [2.45, 2.75) is 38.3 Å². The molecule has 21 heavy (non-hydrogen) atoms. The molecule has 3 atom stereocenters. The van der Waals surface area contributed by atoms with Gasteiger partial charge in [-0.2, -0.15) is 0 Å². The maximum atomic E-state index is 12.8. The minimum absolute atomic E-state index is 0.128. The number of carbonyl (C=O) groups is 1. The molecule has 110 valence electrons. The van der Waals surface area contributed by atoms with Gasteiger partial charge in [-0.05, 0) is 25.8 Å². The van der Waals surface area contributed by atoms with E-state index in [4.69, 9.17) is 4.74 Å². The van der Waals surface area contributed by atoms with Gasteiger partial charge >= 0.3 is 0 Å². The van der Waals surface area contributed by atoms with E-state index in [0.717, 1.165) is 24.8 Å². The highest BCUT2D eigenvalue weighted by Crippen LogP contribution is 2.54. The third-order valence-electron chi connectivity index (χ3n) is 5.30. The standard InChI is InChI=1S/C18H21NO2/c1-13-7-9-14(10-8-13)18-16-6-3-2-5-15(16)17(20)19(18)11-4-12-21-18/h4,7-11,15-16H,2-3,5-6,12H2,1H3/t15-,16-,18+/m0/s1. The summed E-state index contributed by atoms with van der Waals surface area (Å²) in [5.41, 5.74) is 1.79. The van der Waals surface area contributed by atoms with Crippen LogP contribution in [0, 0.1) is 18.8 Å². The van der Waals surface area contributed by atoms with Crippen molar-refractivity contribution in [2.75, 3.05) is 6.61 Å². The zero-order valence-corrected chi connectivity index (χ0v) is 12.4. The zero-order valence-electron chi connectivity index (χ0n) is 12.4. The van der Waals surface area contributed by atoms with E-state index in [9.17, 15) is 4.79 Å². The normalized spacial score (nSPS) is 34.7. The molecule has 1 amide bonds. The van der Waals surface area contributed by atoms with Gasteiger partial charge in [0.05, 0.1) is 6.61 Å². The molecule has 0 aromatic heterocycles. The Morgan fingerprint density at radius 2 is 1.95 bits per heavy atom. The Bertz CT molecular complexity index is 592. The average Bonchev–Trinajstić information content (AvgIpc) is 2.80. The van der Waals surface area contributed by atoms with E-state index >= 15 is 0 Å². The molecule has 1 aromatic rings. The number of rotatable bonds is 1. The number of fused-ring (bicyclic) bond motifs is 3. The summed E-state index contributed by atoms with van der Waals surface area (Å²) in [6, 6.07) is 8.49. The van der Waals surface area contributed by atoms with Crippen molar-refractivity contribution in [1.29, 1.82) is 0 Å². The van der Waals surface area contributed by atoms with E-state index in [1.54, 1.807) is 0 Å². The fourth-order valence-corrected chi connectivity index (χ4v) is 4.33. The van der Waals surface area contributed by atoms with Crippen LogP contribution in [0.15, 0.2) is 36.5 Å². The molecule has 0 bridgehead atoms. The predicted molar refractivity (Wildman–Crippen MR) is 80.2 cm³/mol. The summed E-state index contributed by atoms with van der Waals surface area (Å²) in [6.45, 7) is 2.67. The number of hydrogen-bond acceptors (Lipinski definition) is 2. The molecular formula is C18H21NO2. The Labute approximate surface area is 125 Å². The molecule has 0 spiro atoms. The molecule has 1 saturated heterocycles. The maximum absolute atomic E-state index is 12.8. The highest BCUT2D eigenvalue weighted by Gasteiger charge is 2.60. The molecule has 3 heteroatoms. The monoisotopic (exact) mass is 283 g/mol. The summed E-state index contributed by atoms with van der Waals surface area (Å²) < 4.78 is 6.27. The lowest BCUT2D eigenvalue weighted by Gasteiger charge is -2.43. The molecule has 3 aliphatic rings. The van der Waals surface area contributed by atoms with E-state index in [2.05, 4.69) is 31.2 Å². The van der Waals surface area contributed by atoms with Gasteiger partial charge in [0, 0.05) is 23.6 Å². The molecule has 3 nitrogen and oxygen atoms in total. The van der Waals surface area contributed by atoms with Gasteiger partial charge in [-0.25, -0.2) is 0 Å². The largest absolute Gasteiger partial charge is 0.346 e. The van der Waals surface area contributed by atoms with Crippen LogP contribution in [0.3, 0.4) is 0 Å². The van der Waals surface area contributed by atoms with Crippen LogP contribution >= 0.6 is 0 Å². The number of amides is 1. The highest BCUT2D eigenvalue weighted by atomic mass is 16.5. The quantitative estimate of drug-likeness (QED) is 0.791. The lowest BCUT2D eigenvalue weighted by molar-refractivity contribution is -0.168. The van der Waals surface area contributed by atoms with Crippen molar-refractivity contribution in [1.82, 2.24) is 4.90 Å². The van der Waals surface area contributed by atoms with Crippen molar-refractivity contribution in [2.24, 2.45) is 11.8 Å². The van der Waals surface area contributed by atoms with E-state index in [-0.39, 0.29) is 17.7 Å². The maximum Gasteiger partial charge on any atom is 0.232 e. The zero-order chi connectivity index (χ0) is 14.4. The predicted octanol–water partition coefficient (Wildman–Crippen LogP) is 3.34. The van der Waals surface area contributed by atoms with Crippen molar-refractivity contribution in [3.63, 3.8) is 0 Å². The minimum atomic E-state index is -0.565. The van der Waals surface area contributed by atoms with Gasteiger partial charge in [-0.1, -0.05) is 42.7 Å². The topological polar surface area (TPSA) is 29.5 Å². The lowest BCUT2D eigenvalue weighted by Crippen LogP contribution is -2.48. The Morgan fingerprint density at radius 3 is 2.76 bits per heavy atom. The third kappa shape index (κ3) is 1.73. The SMILES string of the molecule is Cc1ccc([C@]23OCC=CN2C(=O)[C@H]2CCCC[C@@H]23)cc1. The van der Waals surface area contributed by atoms with E-state index < -0.39 is 5.72 Å². The fraction of sp³-hybridized carbons (Fsp3) is 0.500. The molecular weight excluding hydrogens is 262 g/mol. The Kier molecular flexibility index (Phi) is 2.93. The Hall–Kier alpha value is -1.61. The first-order valence-electron chi connectivity index (χ1n) is 7.94. The summed E-state index contributed by atoms with van der Waals surface area (Å²) in [5, 5.41) is 0. The van der Waals surface area contributed by atoms with Crippen LogP contribution < -0.4 is 0 Å². The first-order chi connectivity index (χ1) is 10.2. The molecule has 0 unspecified atom stereocenters. The van der Waals surface area contributed by atoms with Crippen LogP contribution in [0.5, 0.6) is 0 Å². The van der Waals surface area contributed by atoms with Crippen LogP contribution in [0.4, 0.5) is 0 Å². The third-order valence-corrected chi connectivity index (χ3v) is 5.30. The summed E-state index contributed by atoms with van der Waals surface area (Å²) in [7, 11) is 0. The highest BCUT2D eigenvalue weighted by molar-refractivity contribution is 5.84. The summed E-state index contributed by atoms with van der Waals surface area (Å²) in [5.74, 6) is 0.658. The van der Waals surface area contributed by atoms with Crippen molar-refractivity contribution >= 4 is 5.91 Å². The first kappa shape index (κ1) is 13.1. The number of aryl methyl sites for hydroxylation is 1. The molecule has 0 radical (unpaired) electrons. The second-order valence-electron chi connectivity index (χ2n) is 6.46. The second-order valence-corrected chi connectivity index (χ2v) is 6.46. The van der Waals surface area contributed by atoms with Gasteiger partial charge < -0.3 is 4.74 Å². The lowest BCUT2D eigenvalue weighted by atomic mass is 9.74. The van der Waals surface area contributed by atoms with E-state index in [1.807, 2.05) is 17.2 Å². The summed E-state index contributed by atoms with van der Waals surface area (Å²) in [6.07, 6.45) is 8.34. The van der Waals surface area contributed by atoms with E-state index in [1.165, 1.54) is 12.0 Å². The van der Waals surface area contributed by atoms with Crippen molar-refractivity contribution in [3.05, 3.63) is 47.7 Å². The molecule has 0 N–H and O–H groups in total. The molecule has 1 saturated carbocycles. The van der Waals surface area contributed by atoms with Gasteiger partial charge in [0.15, 0.2) is 5.72 Å². The second kappa shape index (κ2) is 4.70. The molecule has 2 fully saturated rings. The smallest absolute Gasteiger partial charge is 0.232 e. The molecule has 2 heterocycles.